The van der Waals surface area contributed by atoms with Crippen molar-refractivity contribution in [1.82, 2.24) is 19.9 Å². The lowest BCUT2D eigenvalue weighted by Crippen LogP contribution is -2.36. The van der Waals surface area contributed by atoms with Crippen LogP contribution in [0.15, 0.2) is 0 Å². The van der Waals surface area contributed by atoms with Crippen LogP contribution in [0.4, 0.5) is 16.7 Å². The third-order valence-electron chi connectivity index (χ3n) is 3.82. The second-order valence-corrected chi connectivity index (χ2v) is 9.54. The molecule has 0 aliphatic carbocycles. The normalized spacial score (nSPS) is 17.8. The number of hydrogen-bond acceptors (Lipinski definition) is 7. The van der Waals surface area contributed by atoms with E-state index >= 15 is 0 Å². The van der Waals surface area contributed by atoms with Crippen molar-refractivity contribution in [2.45, 2.75) is 59.6 Å². The molecule has 2 rings (SSSR count). The standard InChI is InChI=1S/C18H31ClN6O2/c1-17(2,3)11-24(7)15-22-13(19)21-14(23-15)20-12-8-9-25(10-12)16(26)27-18(4,5)6/h12H,8-11H2,1-7H3,(H,20,21,22,23)/t12-/m1/s1. The van der Waals surface area contributed by atoms with E-state index in [0.717, 1.165) is 13.0 Å². The summed E-state index contributed by atoms with van der Waals surface area (Å²) in [4.78, 5) is 28.7. The number of nitrogens with one attached hydrogen (secondary N) is 1. The Balaban J connectivity index is 2.01. The highest BCUT2D eigenvalue weighted by molar-refractivity contribution is 6.28. The van der Waals surface area contributed by atoms with Gasteiger partial charge in [0.2, 0.25) is 17.2 Å². The highest BCUT2D eigenvalue weighted by Gasteiger charge is 2.30. The van der Waals surface area contributed by atoms with E-state index in [9.17, 15) is 4.79 Å². The molecule has 0 radical (unpaired) electrons. The van der Waals surface area contributed by atoms with Gasteiger partial charge in [-0.1, -0.05) is 20.8 Å². The first-order chi connectivity index (χ1) is 12.3. The maximum Gasteiger partial charge on any atom is 0.410 e. The van der Waals surface area contributed by atoms with E-state index in [4.69, 9.17) is 16.3 Å². The fourth-order valence-electron chi connectivity index (χ4n) is 2.91. The van der Waals surface area contributed by atoms with Crippen LogP contribution in [0, 0.1) is 5.41 Å². The average molecular weight is 399 g/mol. The van der Waals surface area contributed by atoms with Crippen molar-refractivity contribution in [3.8, 4) is 0 Å². The van der Waals surface area contributed by atoms with Crippen LogP contribution in [0.5, 0.6) is 0 Å². The number of aromatic nitrogens is 3. The van der Waals surface area contributed by atoms with E-state index in [2.05, 4.69) is 41.0 Å². The summed E-state index contributed by atoms with van der Waals surface area (Å²) in [6, 6.07) is 0.0387. The van der Waals surface area contributed by atoms with E-state index in [-0.39, 0.29) is 22.8 Å². The number of carbonyl (C=O) groups excluding carboxylic acids is 1. The zero-order valence-electron chi connectivity index (χ0n) is 17.3. The van der Waals surface area contributed by atoms with Crippen LogP contribution in [0.25, 0.3) is 0 Å². The quantitative estimate of drug-likeness (QED) is 0.831. The molecular weight excluding hydrogens is 368 g/mol. The van der Waals surface area contributed by atoms with Crippen molar-refractivity contribution in [2.75, 3.05) is 36.9 Å². The molecule has 1 fully saturated rings. The predicted octanol–water partition coefficient (Wildman–Crippen LogP) is 3.43. The lowest BCUT2D eigenvalue weighted by atomic mass is 9.96. The second-order valence-electron chi connectivity index (χ2n) is 9.20. The van der Waals surface area contributed by atoms with E-state index < -0.39 is 5.60 Å². The molecule has 0 aromatic carbocycles. The largest absolute Gasteiger partial charge is 0.444 e. The summed E-state index contributed by atoms with van der Waals surface area (Å²) in [7, 11) is 1.93. The molecule has 1 aliphatic heterocycles. The van der Waals surface area contributed by atoms with E-state index in [0.29, 0.717) is 25.0 Å². The summed E-state index contributed by atoms with van der Waals surface area (Å²) in [5.74, 6) is 0.941. The van der Waals surface area contributed by atoms with E-state index in [1.165, 1.54) is 0 Å². The summed E-state index contributed by atoms with van der Waals surface area (Å²) in [6.45, 7) is 14.0. The Kier molecular flexibility index (Phi) is 6.39. The topological polar surface area (TPSA) is 83.5 Å². The molecule has 0 spiro atoms. The van der Waals surface area contributed by atoms with Gasteiger partial charge in [-0.2, -0.15) is 15.0 Å². The van der Waals surface area contributed by atoms with Crippen LogP contribution < -0.4 is 10.2 Å². The number of ether oxygens (including phenoxy) is 1. The van der Waals surface area contributed by atoms with Crippen molar-refractivity contribution < 1.29 is 9.53 Å². The summed E-state index contributed by atoms with van der Waals surface area (Å²) in [5, 5.41) is 3.41. The second kappa shape index (κ2) is 8.04. The first-order valence-electron chi connectivity index (χ1n) is 9.19. The van der Waals surface area contributed by atoms with Gasteiger partial charge in [-0.3, -0.25) is 0 Å². The molecule has 2 heterocycles. The number of likely N-dealkylation sites (tertiary alicyclic amines) is 1. The van der Waals surface area contributed by atoms with Crippen LogP contribution in [-0.2, 0) is 4.74 Å². The third kappa shape index (κ3) is 7.01. The molecule has 0 bridgehead atoms. The van der Waals surface area contributed by atoms with Gasteiger partial charge in [-0.15, -0.1) is 0 Å². The minimum Gasteiger partial charge on any atom is -0.444 e. The Morgan fingerprint density at radius 2 is 1.93 bits per heavy atom. The van der Waals surface area contributed by atoms with Gasteiger partial charge >= 0.3 is 6.09 Å². The number of nitrogens with zero attached hydrogens (tertiary/aromatic N) is 5. The minimum atomic E-state index is -0.503. The fourth-order valence-corrected chi connectivity index (χ4v) is 3.07. The highest BCUT2D eigenvalue weighted by atomic mass is 35.5. The van der Waals surface area contributed by atoms with Crippen molar-refractivity contribution in [2.24, 2.45) is 5.41 Å². The number of carbonyl (C=O) groups is 1. The lowest BCUT2D eigenvalue weighted by Gasteiger charge is -2.27. The van der Waals surface area contributed by atoms with Gasteiger partial charge in [-0.05, 0) is 44.2 Å². The van der Waals surface area contributed by atoms with Crippen LogP contribution in [0.1, 0.15) is 48.0 Å². The SMILES string of the molecule is CN(CC(C)(C)C)c1nc(Cl)nc(N[C@@H]2CCN(C(=O)OC(C)(C)C)C2)n1. The van der Waals surface area contributed by atoms with Gasteiger partial charge in [0.15, 0.2) is 0 Å². The van der Waals surface area contributed by atoms with Gasteiger partial charge in [0.1, 0.15) is 5.60 Å². The van der Waals surface area contributed by atoms with E-state index in [1.54, 1.807) is 4.90 Å². The number of halogens is 1. The van der Waals surface area contributed by atoms with Gasteiger partial charge in [0.05, 0.1) is 0 Å². The molecule has 1 N–H and O–H groups in total. The van der Waals surface area contributed by atoms with Crippen molar-refractivity contribution in [3.63, 3.8) is 0 Å². The molecule has 1 aliphatic rings. The van der Waals surface area contributed by atoms with Gasteiger partial charge in [-0.25, -0.2) is 4.79 Å². The molecule has 1 atom stereocenters. The first kappa shape index (κ1) is 21.5. The monoisotopic (exact) mass is 398 g/mol. The van der Waals surface area contributed by atoms with Crippen molar-refractivity contribution in [1.29, 1.82) is 0 Å². The van der Waals surface area contributed by atoms with Crippen LogP contribution in [0.2, 0.25) is 5.28 Å². The van der Waals surface area contributed by atoms with Crippen LogP contribution >= 0.6 is 11.6 Å². The first-order valence-corrected chi connectivity index (χ1v) is 9.57. The average Bonchev–Trinajstić information content (AvgIpc) is 2.91. The maximum absolute atomic E-state index is 12.2. The summed E-state index contributed by atoms with van der Waals surface area (Å²) < 4.78 is 5.43. The summed E-state index contributed by atoms with van der Waals surface area (Å²) in [5.41, 5.74) is -0.405. The Morgan fingerprint density at radius 3 is 2.52 bits per heavy atom. The van der Waals surface area contributed by atoms with Crippen LogP contribution in [0.3, 0.4) is 0 Å². The minimum absolute atomic E-state index is 0.0387. The Hall–Kier alpha value is -1.83. The molecule has 1 aromatic heterocycles. The molecule has 1 aromatic rings. The number of anilines is 2. The smallest absolute Gasteiger partial charge is 0.410 e. The molecule has 1 amide bonds. The molecule has 0 saturated carbocycles. The third-order valence-corrected chi connectivity index (χ3v) is 3.99. The fraction of sp³-hybridized carbons (Fsp3) is 0.778. The number of amides is 1. The maximum atomic E-state index is 12.2. The molecule has 152 valence electrons. The molecule has 0 unspecified atom stereocenters. The Morgan fingerprint density at radius 1 is 1.26 bits per heavy atom. The van der Waals surface area contributed by atoms with Crippen molar-refractivity contribution >= 4 is 29.6 Å². The summed E-state index contributed by atoms with van der Waals surface area (Å²) in [6.07, 6.45) is 0.487. The summed E-state index contributed by atoms with van der Waals surface area (Å²) >= 11 is 6.09. The predicted molar refractivity (Wildman–Crippen MR) is 107 cm³/mol. The Labute approximate surface area is 166 Å². The highest BCUT2D eigenvalue weighted by Crippen LogP contribution is 2.21. The Bertz CT molecular complexity index is 671. The zero-order chi connectivity index (χ0) is 20.4. The molecule has 8 nitrogen and oxygen atoms in total. The van der Waals surface area contributed by atoms with Gasteiger partial charge in [0, 0.05) is 32.7 Å². The number of hydrogen-bond donors (Lipinski definition) is 1. The lowest BCUT2D eigenvalue weighted by molar-refractivity contribution is 0.0293. The molecular formula is C18H31ClN6O2. The zero-order valence-corrected chi connectivity index (χ0v) is 18.1. The van der Waals surface area contributed by atoms with Gasteiger partial charge in [0.25, 0.3) is 0 Å². The molecule has 9 heteroatoms. The molecule has 1 saturated heterocycles. The number of rotatable bonds is 4. The van der Waals surface area contributed by atoms with Crippen LogP contribution in [-0.4, -0.2) is 64.3 Å². The molecule has 27 heavy (non-hydrogen) atoms. The van der Waals surface area contributed by atoms with Gasteiger partial charge < -0.3 is 19.9 Å². The van der Waals surface area contributed by atoms with Crippen molar-refractivity contribution in [3.05, 3.63) is 5.28 Å². The van der Waals surface area contributed by atoms with E-state index in [1.807, 2.05) is 32.7 Å².